The molecule has 0 bridgehead atoms. The molecule has 6 heteroatoms. The van der Waals surface area contributed by atoms with Gasteiger partial charge in [0.05, 0.1) is 0 Å². The first-order valence-corrected chi connectivity index (χ1v) is 7.83. The van der Waals surface area contributed by atoms with Crippen molar-refractivity contribution in [3.05, 3.63) is 29.3 Å². The summed E-state index contributed by atoms with van der Waals surface area (Å²) in [6.07, 6.45) is 3.33. The lowest BCUT2D eigenvalue weighted by Crippen LogP contribution is -2.38. The molecule has 1 fully saturated rings. The second kappa shape index (κ2) is 6.12. The molecule has 2 aliphatic rings. The minimum absolute atomic E-state index is 0.0321. The highest BCUT2D eigenvalue weighted by Crippen LogP contribution is 2.30. The summed E-state index contributed by atoms with van der Waals surface area (Å²) in [7, 11) is 0. The highest BCUT2D eigenvalue weighted by molar-refractivity contribution is 6.00. The van der Waals surface area contributed by atoms with Crippen molar-refractivity contribution in [2.45, 2.75) is 44.1 Å². The molecule has 0 spiro atoms. The molecule has 1 aromatic carbocycles. The number of aryl methyl sites for hydroxylation is 1. The first kappa shape index (κ1) is 15.7. The number of aliphatic hydroxyl groups is 1. The van der Waals surface area contributed by atoms with E-state index in [1.807, 2.05) is 0 Å². The number of hydrogen-bond donors (Lipinski definition) is 2. The van der Waals surface area contributed by atoms with Crippen molar-refractivity contribution in [2.75, 3.05) is 11.9 Å². The third-order valence-corrected chi connectivity index (χ3v) is 4.47. The van der Waals surface area contributed by atoms with E-state index in [-0.39, 0.29) is 18.3 Å². The van der Waals surface area contributed by atoms with Gasteiger partial charge in [-0.3, -0.25) is 9.59 Å². The van der Waals surface area contributed by atoms with Gasteiger partial charge in [-0.05, 0) is 55.9 Å². The number of benzene rings is 1. The maximum absolute atomic E-state index is 12.2. The zero-order valence-electron chi connectivity index (χ0n) is 12.8. The largest absolute Gasteiger partial charge is 0.455 e. The first-order valence-electron chi connectivity index (χ1n) is 7.83. The van der Waals surface area contributed by atoms with Gasteiger partial charge in [-0.1, -0.05) is 0 Å². The summed E-state index contributed by atoms with van der Waals surface area (Å²) in [6, 6.07) is 5.01. The molecule has 23 heavy (non-hydrogen) atoms. The Bertz CT molecular complexity index is 661. The van der Waals surface area contributed by atoms with E-state index in [0.29, 0.717) is 31.2 Å². The molecule has 1 aliphatic heterocycles. The molecule has 1 amide bonds. The van der Waals surface area contributed by atoms with Crippen LogP contribution in [-0.2, 0) is 20.7 Å². The SMILES string of the molecule is O=C1CCc2cc(C(=O)COC(=O)C3(O)CCCC3)ccc2N1. The molecular weight excluding hydrogens is 298 g/mol. The molecule has 3 rings (SSSR count). The van der Waals surface area contributed by atoms with Crippen LogP contribution in [0.2, 0.25) is 0 Å². The van der Waals surface area contributed by atoms with Crippen LogP contribution in [0.15, 0.2) is 18.2 Å². The van der Waals surface area contributed by atoms with E-state index < -0.39 is 11.6 Å². The van der Waals surface area contributed by atoms with Crippen LogP contribution in [0.25, 0.3) is 0 Å². The van der Waals surface area contributed by atoms with E-state index in [1.165, 1.54) is 0 Å². The van der Waals surface area contributed by atoms with Crippen molar-refractivity contribution in [3.63, 3.8) is 0 Å². The van der Waals surface area contributed by atoms with Gasteiger partial charge in [0.15, 0.2) is 18.0 Å². The summed E-state index contributed by atoms with van der Waals surface area (Å²) in [5.41, 5.74) is 0.623. The van der Waals surface area contributed by atoms with Gasteiger partial charge in [0, 0.05) is 17.7 Å². The van der Waals surface area contributed by atoms with E-state index >= 15 is 0 Å². The molecule has 1 aromatic rings. The number of fused-ring (bicyclic) bond motifs is 1. The smallest absolute Gasteiger partial charge is 0.338 e. The molecule has 0 aromatic heterocycles. The second-order valence-corrected chi connectivity index (χ2v) is 6.16. The van der Waals surface area contributed by atoms with Crippen molar-refractivity contribution in [1.82, 2.24) is 0 Å². The van der Waals surface area contributed by atoms with Crippen molar-refractivity contribution >= 4 is 23.3 Å². The first-order chi connectivity index (χ1) is 11.0. The summed E-state index contributed by atoms with van der Waals surface area (Å²) < 4.78 is 5.00. The van der Waals surface area contributed by atoms with Gasteiger partial charge in [-0.15, -0.1) is 0 Å². The van der Waals surface area contributed by atoms with Gasteiger partial charge < -0.3 is 15.2 Å². The number of carbonyl (C=O) groups excluding carboxylic acids is 3. The fraction of sp³-hybridized carbons (Fsp3) is 0.471. The van der Waals surface area contributed by atoms with Crippen LogP contribution in [0, 0.1) is 0 Å². The van der Waals surface area contributed by atoms with Crippen LogP contribution in [0.5, 0.6) is 0 Å². The van der Waals surface area contributed by atoms with Crippen LogP contribution in [0.1, 0.15) is 48.0 Å². The van der Waals surface area contributed by atoms with Gasteiger partial charge in [0.25, 0.3) is 0 Å². The van der Waals surface area contributed by atoms with Crippen molar-refractivity contribution in [3.8, 4) is 0 Å². The monoisotopic (exact) mass is 317 g/mol. The van der Waals surface area contributed by atoms with E-state index in [2.05, 4.69) is 5.32 Å². The Morgan fingerprint density at radius 1 is 1.22 bits per heavy atom. The minimum atomic E-state index is -1.43. The van der Waals surface area contributed by atoms with Crippen molar-refractivity contribution in [1.29, 1.82) is 0 Å². The number of amides is 1. The third kappa shape index (κ3) is 3.27. The molecule has 6 nitrogen and oxygen atoms in total. The molecule has 1 saturated carbocycles. The zero-order chi connectivity index (χ0) is 16.4. The van der Waals surface area contributed by atoms with E-state index in [4.69, 9.17) is 4.74 Å². The van der Waals surface area contributed by atoms with Crippen LogP contribution in [-0.4, -0.2) is 35.0 Å². The van der Waals surface area contributed by atoms with E-state index in [1.54, 1.807) is 18.2 Å². The molecule has 0 radical (unpaired) electrons. The maximum Gasteiger partial charge on any atom is 0.338 e. The highest BCUT2D eigenvalue weighted by Gasteiger charge is 2.40. The molecule has 2 N–H and O–H groups in total. The van der Waals surface area contributed by atoms with Gasteiger partial charge in [-0.25, -0.2) is 4.79 Å². The van der Waals surface area contributed by atoms with Crippen molar-refractivity contribution < 1.29 is 24.2 Å². The molecular formula is C17H19NO5. The summed E-state index contributed by atoms with van der Waals surface area (Å²) in [6.45, 7) is -0.383. The Morgan fingerprint density at radius 2 is 1.96 bits per heavy atom. The Morgan fingerprint density at radius 3 is 2.70 bits per heavy atom. The summed E-state index contributed by atoms with van der Waals surface area (Å²) in [4.78, 5) is 35.4. The lowest BCUT2D eigenvalue weighted by Gasteiger charge is -2.20. The molecule has 1 aliphatic carbocycles. The number of anilines is 1. The second-order valence-electron chi connectivity index (χ2n) is 6.16. The number of carbonyl (C=O) groups is 3. The predicted octanol–water partition coefficient (Wildman–Crippen LogP) is 1.60. The Labute approximate surface area is 133 Å². The standard InChI is InChI=1S/C17H19NO5/c19-14(10-23-16(21)17(22)7-1-2-8-17)12-3-5-13-11(9-12)4-6-15(20)18-13/h3,5,9,22H,1-2,4,6-8,10H2,(H,18,20). The fourth-order valence-electron chi connectivity index (χ4n) is 3.07. The lowest BCUT2D eigenvalue weighted by molar-refractivity contribution is -0.163. The van der Waals surface area contributed by atoms with E-state index in [0.717, 1.165) is 24.1 Å². The number of hydrogen-bond acceptors (Lipinski definition) is 5. The molecule has 0 unspecified atom stereocenters. The van der Waals surface area contributed by atoms with E-state index in [9.17, 15) is 19.5 Å². The normalized spacial score (nSPS) is 18.9. The fourth-order valence-corrected chi connectivity index (χ4v) is 3.07. The summed E-state index contributed by atoms with van der Waals surface area (Å²) in [5, 5.41) is 12.8. The van der Waals surface area contributed by atoms with Gasteiger partial charge >= 0.3 is 5.97 Å². The van der Waals surface area contributed by atoms with Gasteiger partial charge in [0.1, 0.15) is 0 Å². The summed E-state index contributed by atoms with van der Waals surface area (Å²) in [5.74, 6) is -1.07. The number of Topliss-reactive ketones (excluding diaryl/α,β-unsaturated/α-hetero) is 1. The predicted molar refractivity (Wildman–Crippen MR) is 82.1 cm³/mol. The highest BCUT2D eigenvalue weighted by atomic mass is 16.6. The topological polar surface area (TPSA) is 92.7 Å². The average molecular weight is 317 g/mol. The number of rotatable bonds is 4. The lowest BCUT2D eigenvalue weighted by atomic mass is 9.99. The zero-order valence-corrected chi connectivity index (χ0v) is 12.8. The number of ether oxygens (including phenoxy) is 1. The number of esters is 1. The Kier molecular flexibility index (Phi) is 4.17. The number of nitrogens with one attached hydrogen (secondary N) is 1. The molecule has 0 atom stereocenters. The van der Waals surface area contributed by atoms with Crippen molar-refractivity contribution in [2.24, 2.45) is 0 Å². The third-order valence-electron chi connectivity index (χ3n) is 4.47. The van der Waals surface area contributed by atoms with Crippen LogP contribution in [0.3, 0.4) is 0 Å². The van der Waals surface area contributed by atoms with Crippen LogP contribution >= 0.6 is 0 Å². The molecule has 1 heterocycles. The van der Waals surface area contributed by atoms with Crippen LogP contribution in [0.4, 0.5) is 5.69 Å². The minimum Gasteiger partial charge on any atom is -0.455 e. The summed E-state index contributed by atoms with van der Waals surface area (Å²) >= 11 is 0. The quantitative estimate of drug-likeness (QED) is 0.650. The van der Waals surface area contributed by atoms with Gasteiger partial charge in [0.2, 0.25) is 5.91 Å². The Balaban J connectivity index is 1.62. The molecule has 122 valence electrons. The van der Waals surface area contributed by atoms with Gasteiger partial charge in [-0.2, -0.15) is 0 Å². The van der Waals surface area contributed by atoms with Crippen LogP contribution < -0.4 is 5.32 Å². The maximum atomic E-state index is 12.2. The average Bonchev–Trinajstić information content (AvgIpc) is 2.99. The Hall–Kier alpha value is -2.21. The molecule has 0 saturated heterocycles. The number of ketones is 1.